The first-order valence-corrected chi connectivity index (χ1v) is 9.71. The Hall–Kier alpha value is -2.67. The quantitative estimate of drug-likeness (QED) is 0.569. The number of benzene rings is 1. The van der Waals surface area contributed by atoms with E-state index in [1.807, 2.05) is 49.7 Å². The monoisotopic (exact) mass is 401 g/mol. The number of aromatic nitrogens is 4. The molecule has 3 aromatic rings. The molecule has 1 amide bonds. The molecular weight excluding hydrogens is 378 g/mol. The zero-order valence-electron chi connectivity index (χ0n) is 16.4. The number of nitrogens with zero attached hydrogens (tertiary/aromatic N) is 5. The van der Waals surface area contributed by atoms with Gasteiger partial charge in [0.15, 0.2) is 0 Å². The van der Waals surface area contributed by atoms with Crippen LogP contribution in [0.1, 0.15) is 37.0 Å². The molecule has 0 aliphatic rings. The summed E-state index contributed by atoms with van der Waals surface area (Å²) >= 11 is 6.19. The van der Waals surface area contributed by atoms with Crippen molar-refractivity contribution in [1.82, 2.24) is 24.9 Å². The molecule has 0 N–H and O–H groups in total. The summed E-state index contributed by atoms with van der Waals surface area (Å²) < 4.78 is 7.61. The first-order valence-electron chi connectivity index (χ1n) is 9.34. The van der Waals surface area contributed by atoms with Gasteiger partial charge in [-0.2, -0.15) is 5.10 Å². The van der Waals surface area contributed by atoms with Crippen LogP contribution in [-0.2, 0) is 17.9 Å². The summed E-state index contributed by atoms with van der Waals surface area (Å²) in [6, 6.07) is 9.29. The highest BCUT2D eigenvalue weighted by Gasteiger charge is 2.18. The van der Waals surface area contributed by atoms with E-state index in [1.54, 1.807) is 11.0 Å². The van der Waals surface area contributed by atoms with Crippen LogP contribution in [0.4, 0.5) is 0 Å². The third-order valence-electron chi connectivity index (χ3n) is 4.38. The zero-order chi connectivity index (χ0) is 20.1. The van der Waals surface area contributed by atoms with E-state index < -0.39 is 0 Å². The van der Waals surface area contributed by atoms with E-state index in [0.29, 0.717) is 41.9 Å². The molecule has 0 spiro atoms. The minimum atomic E-state index is 0.0342. The second kappa shape index (κ2) is 9.01. The lowest BCUT2D eigenvalue weighted by molar-refractivity contribution is -0.132. The molecule has 0 fully saturated rings. The average Bonchev–Trinajstić information content (AvgIpc) is 3.25. The van der Waals surface area contributed by atoms with Crippen molar-refractivity contribution >= 4 is 17.5 Å². The van der Waals surface area contributed by atoms with Crippen molar-refractivity contribution in [3.8, 4) is 11.5 Å². The van der Waals surface area contributed by atoms with E-state index in [0.717, 1.165) is 17.8 Å². The van der Waals surface area contributed by atoms with Gasteiger partial charge in [-0.05, 0) is 38.5 Å². The van der Waals surface area contributed by atoms with E-state index in [-0.39, 0.29) is 12.5 Å². The molecule has 2 heterocycles. The Balaban J connectivity index is 1.66. The molecule has 2 aromatic heterocycles. The molecule has 28 heavy (non-hydrogen) atoms. The third kappa shape index (κ3) is 4.78. The van der Waals surface area contributed by atoms with E-state index >= 15 is 0 Å². The van der Waals surface area contributed by atoms with E-state index in [2.05, 4.69) is 15.3 Å². The Labute approximate surface area is 169 Å². The molecular formula is C20H24ClN5O2. The van der Waals surface area contributed by atoms with Gasteiger partial charge in [0.2, 0.25) is 17.7 Å². The molecule has 3 rings (SSSR count). The van der Waals surface area contributed by atoms with Crippen molar-refractivity contribution in [3.63, 3.8) is 0 Å². The number of hydrogen-bond acceptors (Lipinski definition) is 5. The Kier molecular flexibility index (Phi) is 6.46. The molecule has 0 unspecified atom stereocenters. The minimum absolute atomic E-state index is 0.0342. The third-order valence-corrected chi connectivity index (χ3v) is 4.71. The van der Waals surface area contributed by atoms with Gasteiger partial charge in [-0.15, -0.1) is 10.2 Å². The second-order valence-electron chi connectivity index (χ2n) is 6.70. The molecule has 8 heteroatoms. The number of aryl methyl sites for hydroxylation is 3. The normalized spacial score (nSPS) is 11.0. The van der Waals surface area contributed by atoms with Crippen molar-refractivity contribution in [3.05, 3.63) is 52.6 Å². The minimum Gasteiger partial charge on any atom is -0.419 e. The van der Waals surface area contributed by atoms with Gasteiger partial charge in [-0.1, -0.05) is 30.7 Å². The summed E-state index contributed by atoms with van der Waals surface area (Å²) in [6.07, 6.45) is 1.21. The van der Waals surface area contributed by atoms with Crippen LogP contribution in [0, 0.1) is 13.8 Å². The molecule has 0 aliphatic heterocycles. The van der Waals surface area contributed by atoms with Gasteiger partial charge in [0.1, 0.15) is 0 Å². The summed E-state index contributed by atoms with van der Waals surface area (Å²) in [5.74, 6) is 0.780. The summed E-state index contributed by atoms with van der Waals surface area (Å²) in [5, 5.41) is 13.1. The van der Waals surface area contributed by atoms with E-state index in [1.165, 1.54) is 0 Å². The lowest BCUT2D eigenvalue weighted by atomic mass is 10.2. The lowest BCUT2D eigenvalue weighted by Gasteiger charge is -2.20. The van der Waals surface area contributed by atoms with Crippen LogP contribution in [-0.4, -0.2) is 37.3 Å². The molecule has 7 nitrogen and oxygen atoms in total. The van der Waals surface area contributed by atoms with Crippen LogP contribution in [0.5, 0.6) is 0 Å². The van der Waals surface area contributed by atoms with Crippen LogP contribution in [0.2, 0.25) is 5.02 Å². The maximum absolute atomic E-state index is 12.7. The maximum atomic E-state index is 12.7. The van der Waals surface area contributed by atoms with Crippen LogP contribution in [0.25, 0.3) is 11.5 Å². The van der Waals surface area contributed by atoms with Gasteiger partial charge in [0, 0.05) is 25.2 Å². The summed E-state index contributed by atoms with van der Waals surface area (Å²) in [7, 11) is 0. The average molecular weight is 402 g/mol. The van der Waals surface area contributed by atoms with E-state index in [9.17, 15) is 4.79 Å². The number of carbonyl (C=O) groups excluding carboxylic acids is 1. The van der Waals surface area contributed by atoms with Crippen LogP contribution in [0.15, 0.2) is 34.7 Å². The van der Waals surface area contributed by atoms with Crippen LogP contribution < -0.4 is 0 Å². The van der Waals surface area contributed by atoms with Gasteiger partial charge in [-0.3, -0.25) is 9.48 Å². The first-order chi connectivity index (χ1) is 13.5. The lowest BCUT2D eigenvalue weighted by Crippen LogP contribution is -2.32. The highest BCUT2D eigenvalue weighted by Crippen LogP contribution is 2.26. The topological polar surface area (TPSA) is 77.0 Å². The van der Waals surface area contributed by atoms with Crippen molar-refractivity contribution in [2.75, 3.05) is 6.54 Å². The van der Waals surface area contributed by atoms with Gasteiger partial charge in [-0.25, -0.2) is 0 Å². The van der Waals surface area contributed by atoms with Gasteiger partial charge in [0.05, 0.1) is 22.8 Å². The van der Waals surface area contributed by atoms with E-state index in [4.69, 9.17) is 16.0 Å². The summed E-state index contributed by atoms with van der Waals surface area (Å²) in [6.45, 7) is 7.42. The molecule has 0 saturated heterocycles. The van der Waals surface area contributed by atoms with Gasteiger partial charge < -0.3 is 9.32 Å². The predicted molar refractivity (Wildman–Crippen MR) is 107 cm³/mol. The summed E-state index contributed by atoms with van der Waals surface area (Å²) in [5.41, 5.74) is 2.68. The number of amides is 1. The first kappa shape index (κ1) is 20.1. The highest BCUT2D eigenvalue weighted by molar-refractivity contribution is 6.33. The second-order valence-corrected chi connectivity index (χ2v) is 7.10. The fraction of sp³-hybridized carbons (Fsp3) is 0.400. The Morgan fingerprint density at radius 3 is 2.71 bits per heavy atom. The number of hydrogen-bond donors (Lipinski definition) is 0. The fourth-order valence-electron chi connectivity index (χ4n) is 3.05. The van der Waals surface area contributed by atoms with Crippen molar-refractivity contribution in [1.29, 1.82) is 0 Å². The largest absolute Gasteiger partial charge is 0.419 e. The Morgan fingerprint density at radius 2 is 2.04 bits per heavy atom. The van der Waals surface area contributed by atoms with Crippen molar-refractivity contribution in [2.24, 2.45) is 0 Å². The predicted octanol–water partition coefficient (Wildman–Crippen LogP) is 4.03. The SMILES string of the molecule is CCCN(Cc1nnc(-c2ccccc2Cl)o1)C(=O)CCn1nc(C)cc1C. The molecule has 0 bridgehead atoms. The number of rotatable bonds is 8. The Morgan fingerprint density at radius 1 is 1.25 bits per heavy atom. The van der Waals surface area contributed by atoms with Gasteiger partial charge in [0.25, 0.3) is 0 Å². The standard InChI is InChI=1S/C20H24ClN5O2/c1-4-10-25(19(27)9-11-26-15(3)12-14(2)24-26)13-18-22-23-20(28-18)16-7-5-6-8-17(16)21/h5-8,12H,4,9-11,13H2,1-3H3. The smallest absolute Gasteiger partial charge is 0.249 e. The van der Waals surface area contributed by atoms with Crippen LogP contribution in [0.3, 0.4) is 0 Å². The molecule has 0 saturated carbocycles. The van der Waals surface area contributed by atoms with Crippen molar-refractivity contribution in [2.45, 2.75) is 46.7 Å². The van der Waals surface area contributed by atoms with Crippen LogP contribution >= 0.6 is 11.6 Å². The van der Waals surface area contributed by atoms with Gasteiger partial charge >= 0.3 is 0 Å². The Bertz CT molecular complexity index is 950. The molecule has 148 valence electrons. The molecule has 0 radical (unpaired) electrons. The zero-order valence-corrected chi connectivity index (χ0v) is 17.1. The number of carbonyl (C=O) groups is 1. The molecule has 0 aliphatic carbocycles. The summed E-state index contributed by atoms with van der Waals surface area (Å²) in [4.78, 5) is 14.5. The fourth-order valence-corrected chi connectivity index (χ4v) is 3.26. The highest BCUT2D eigenvalue weighted by atomic mass is 35.5. The van der Waals surface area contributed by atoms with Crippen molar-refractivity contribution < 1.29 is 9.21 Å². The maximum Gasteiger partial charge on any atom is 0.249 e. The molecule has 1 aromatic carbocycles. The number of halogens is 1. The molecule has 0 atom stereocenters.